The lowest BCUT2D eigenvalue weighted by Crippen LogP contribution is -2.16. The quantitative estimate of drug-likeness (QED) is 0.830. The molecule has 0 spiro atoms. The van der Waals surface area contributed by atoms with Crippen molar-refractivity contribution in [2.75, 3.05) is 20.3 Å². The van der Waals surface area contributed by atoms with Gasteiger partial charge in [0.2, 0.25) is 0 Å². The monoisotopic (exact) mass is 327 g/mol. The third-order valence-electron chi connectivity index (χ3n) is 3.59. The van der Waals surface area contributed by atoms with Crippen molar-refractivity contribution in [2.45, 2.75) is 26.8 Å². The average Bonchev–Trinajstić information content (AvgIpc) is 3.08. The highest BCUT2D eigenvalue weighted by Crippen LogP contribution is 2.38. The molecule has 2 unspecified atom stereocenters. The van der Waals surface area contributed by atoms with Crippen LogP contribution in [0.5, 0.6) is 11.5 Å². The van der Waals surface area contributed by atoms with E-state index in [4.69, 9.17) is 9.47 Å². The molecule has 4 heteroatoms. The maximum Gasteiger partial charge on any atom is 0.175 e. The van der Waals surface area contributed by atoms with Gasteiger partial charge in [-0.2, -0.15) is 0 Å². The summed E-state index contributed by atoms with van der Waals surface area (Å²) in [6, 6.07) is 4.13. The summed E-state index contributed by atoms with van der Waals surface area (Å²) < 4.78 is 11.9. The predicted molar refractivity (Wildman–Crippen MR) is 80.8 cm³/mol. The topological polar surface area (TPSA) is 30.5 Å². The van der Waals surface area contributed by atoms with Crippen molar-refractivity contribution in [1.82, 2.24) is 5.32 Å². The minimum absolute atomic E-state index is 0.631. The second-order valence-electron chi connectivity index (χ2n) is 5.15. The van der Waals surface area contributed by atoms with E-state index < -0.39 is 0 Å². The minimum atomic E-state index is 0.631. The first-order valence-corrected chi connectivity index (χ1v) is 7.65. The van der Waals surface area contributed by atoms with Gasteiger partial charge >= 0.3 is 0 Å². The third kappa shape index (κ3) is 3.86. The molecule has 3 nitrogen and oxygen atoms in total. The van der Waals surface area contributed by atoms with Crippen LogP contribution in [0.1, 0.15) is 25.8 Å². The normalized spacial score (nSPS) is 21.3. The Hall–Kier alpha value is -0.740. The van der Waals surface area contributed by atoms with Crippen molar-refractivity contribution < 1.29 is 9.47 Å². The average molecular weight is 328 g/mol. The van der Waals surface area contributed by atoms with Crippen LogP contribution in [-0.4, -0.2) is 20.3 Å². The molecule has 0 amide bonds. The van der Waals surface area contributed by atoms with Crippen LogP contribution >= 0.6 is 15.9 Å². The molecule has 0 radical (unpaired) electrons. The highest BCUT2D eigenvalue weighted by molar-refractivity contribution is 9.10. The molecule has 1 fully saturated rings. The molecule has 0 aromatic heterocycles. The summed E-state index contributed by atoms with van der Waals surface area (Å²) in [4.78, 5) is 0. The van der Waals surface area contributed by atoms with E-state index in [1.807, 2.05) is 13.0 Å². The molecule has 1 saturated carbocycles. The van der Waals surface area contributed by atoms with E-state index >= 15 is 0 Å². The number of hydrogen-bond acceptors (Lipinski definition) is 3. The van der Waals surface area contributed by atoms with Crippen LogP contribution in [0.15, 0.2) is 16.6 Å². The van der Waals surface area contributed by atoms with Crippen LogP contribution in [0, 0.1) is 11.8 Å². The molecule has 1 aromatic rings. The Morgan fingerprint density at radius 1 is 1.42 bits per heavy atom. The van der Waals surface area contributed by atoms with E-state index in [-0.39, 0.29) is 0 Å². The van der Waals surface area contributed by atoms with Crippen molar-refractivity contribution in [3.8, 4) is 11.5 Å². The van der Waals surface area contributed by atoms with Crippen molar-refractivity contribution in [2.24, 2.45) is 11.8 Å². The van der Waals surface area contributed by atoms with Crippen LogP contribution < -0.4 is 14.8 Å². The molecule has 19 heavy (non-hydrogen) atoms. The van der Waals surface area contributed by atoms with Crippen LogP contribution in [0.4, 0.5) is 0 Å². The van der Waals surface area contributed by atoms with Crippen molar-refractivity contribution in [3.63, 3.8) is 0 Å². The first-order chi connectivity index (χ1) is 9.15. The molecule has 2 rings (SSSR count). The van der Waals surface area contributed by atoms with E-state index in [0.29, 0.717) is 6.61 Å². The molecule has 0 aliphatic heterocycles. The van der Waals surface area contributed by atoms with E-state index in [2.05, 4.69) is 34.2 Å². The predicted octanol–water partition coefficient (Wildman–Crippen LogP) is 3.60. The summed E-state index contributed by atoms with van der Waals surface area (Å²) in [7, 11) is 1.67. The number of ether oxygens (including phenoxy) is 2. The molecule has 2 atom stereocenters. The van der Waals surface area contributed by atoms with Gasteiger partial charge in [-0.3, -0.25) is 0 Å². The Morgan fingerprint density at radius 2 is 2.16 bits per heavy atom. The van der Waals surface area contributed by atoms with Gasteiger partial charge in [-0.25, -0.2) is 0 Å². The van der Waals surface area contributed by atoms with Crippen LogP contribution in [0.25, 0.3) is 0 Å². The Balaban J connectivity index is 1.98. The fraction of sp³-hybridized carbons (Fsp3) is 0.600. The van der Waals surface area contributed by atoms with Crippen molar-refractivity contribution in [1.29, 1.82) is 0 Å². The fourth-order valence-corrected chi connectivity index (χ4v) is 2.85. The van der Waals surface area contributed by atoms with E-state index in [1.54, 1.807) is 7.11 Å². The van der Waals surface area contributed by atoms with Gasteiger partial charge < -0.3 is 14.8 Å². The first-order valence-electron chi connectivity index (χ1n) is 6.85. The maximum absolute atomic E-state index is 5.59. The summed E-state index contributed by atoms with van der Waals surface area (Å²) in [6.45, 7) is 6.88. The maximum atomic E-state index is 5.59. The van der Waals surface area contributed by atoms with Crippen molar-refractivity contribution in [3.05, 3.63) is 22.2 Å². The van der Waals surface area contributed by atoms with E-state index in [9.17, 15) is 0 Å². The van der Waals surface area contributed by atoms with Gasteiger partial charge in [0.25, 0.3) is 0 Å². The zero-order valence-electron chi connectivity index (χ0n) is 11.8. The summed E-state index contributed by atoms with van der Waals surface area (Å²) in [5, 5.41) is 3.51. The second-order valence-corrected chi connectivity index (χ2v) is 6.00. The zero-order chi connectivity index (χ0) is 13.8. The van der Waals surface area contributed by atoms with E-state index in [1.165, 1.54) is 12.0 Å². The van der Waals surface area contributed by atoms with Gasteiger partial charge in [-0.15, -0.1) is 0 Å². The molecular weight excluding hydrogens is 306 g/mol. The number of methoxy groups -OCH3 is 1. The second kappa shape index (κ2) is 6.62. The number of halogens is 1. The lowest BCUT2D eigenvalue weighted by atomic mass is 10.2. The molecule has 1 aliphatic carbocycles. The molecule has 1 N–H and O–H groups in total. The van der Waals surface area contributed by atoms with Gasteiger partial charge in [0.15, 0.2) is 11.5 Å². The Bertz CT molecular complexity index is 436. The summed E-state index contributed by atoms with van der Waals surface area (Å²) in [5.41, 5.74) is 1.21. The number of nitrogens with one attached hydrogen (secondary N) is 1. The van der Waals surface area contributed by atoms with Crippen LogP contribution in [0.3, 0.4) is 0 Å². The lowest BCUT2D eigenvalue weighted by Gasteiger charge is -2.13. The van der Waals surface area contributed by atoms with Gasteiger partial charge in [0.05, 0.1) is 18.2 Å². The third-order valence-corrected chi connectivity index (χ3v) is 4.18. The van der Waals surface area contributed by atoms with Crippen molar-refractivity contribution >= 4 is 15.9 Å². The molecule has 0 heterocycles. The molecular formula is C15H22BrNO2. The molecule has 106 valence electrons. The summed E-state index contributed by atoms with van der Waals surface area (Å²) in [6.07, 6.45) is 1.36. The van der Waals surface area contributed by atoms with Gasteiger partial charge in [0, 0.05) is 6.54 Å². The minimum Gasteiger partial charge on any atom is -0.493 e. The molecule has 1 aliphatic rings. The molecule has 0 bridgehead atoms. The SMILES string of the molecule is CCOc1c(Br)cc(CNCC2CC2C)cc1OC. The standard InChI is InChI=1S/C15H22BrNO2/c1-4-19-15-13(16)6-11(7-14(15)18-3)8-17-9-12-5-10(12)2/h6-7,10,12,17H,4-5,8-9H2,1-3H3. The smallest absolute Gasteiger partial charge is 0.175 e. The summed E-state index contributed by atoms with van der Waals surface area (Å²) in [5.74, 6) is 3.33. The lowest BCUT2D eigenvalue weighted by molar-refractivity contribution is 0.308. The highest BCUT2D eigenvalue weighted by Gasteiger charge is 2.31. The Kier molecular flexibility index (Phi) is 5.11. The van der Waals surface area contributed by atoms with Crippen LogP contribution in [0.2, 0.25) is 0 Å². The van der Waals surface area contributed by atoms with Gasteiger partial charge in [-0.05, 0) is 65.4 Å². The number of hydrogen-bond donors (Lipinski definition) is 1. The largest absolute Gasteiger partial charge is 0.493 e. The van der Waals surface area contributed by atoms with Gasteiger partial charge in [0.1, 0.15) is 0 Å². The molecule has 1 aromatic carbocycles. The number of rotatable bonds is 7. The molecule has 0 saturated heterocycles. The van der Waals surface area contributed by atoms with Gasteiger partial charge in [-0.1, -0.05) is 6.92 Å². The van der Waals surface area contributed by atoms with Crippen LogP contribution in [-0.2, 0) is 6.54 Å². The zero-order valence-corrected chi connectivity index (χ0v) is 13.4. The Labute approximate surface area is 123 Å². The highest BCUT2D eigenvalue weighted by atomic mass is 79.9. The Morgan fingerprint density at radius 3 is 2.74 bits per heavy atom. The van der Waals surface area contributed by atoms with E-state index in [0.717, 1.165) is 40.9 Å². The first kappa shape index (κ1) is 14.7. The fourth-order valence-electron chi connectivity index (χ4n) is 2.25. The number of benzene rings is 1. The summed E-state index contributed by atoms with van der Waals surface area (Å²) >= 11 is 3.55.